The summed E-state index contributed by atoms with van der Waals surface area (Å²) < 4.78 is 17.9. The number of hydrogen-bond donors (Lipinski definition) is 3. The third-order valence-electron chi connectivity index (χ3n) is 4.30. The first-order chi connectivity index (χ1) is 11.9. The van der Waals surface area contributed by atoms with Crippen molar-refractivity contribution in [3.8, 4) is 0 Å². The average molecular weight is 352 g/mol. The van der Waals surface area contributed by atoms with Crippen LogP contribution in [0.15, 0.2) is 24.3 Å². The topological polar surface area (TPSA) is 87.7 Å². The molecule has 1 aromatic carbocycles. The van der Waals surface area contributed by atoms with E-state index in [1.165, 1.54) is 24.3 Å². The van der Waals surface area contributed by atoms with Gasteiger partial charge >= 0.3 is 6.09 Å². The molecule has 138 valence electrons. The Balaban J connectivity index is 1.89. The van der Waals surface area contributed by atoms with E-state index >= 15 is 0 Å². The zero-order chi connectivity index (χ0) is 18.4. The molecule has 1 fully saturated rings. The van der Waals surface area contributed by atoms with Crippen molar-refractivity contribution < 1.29 is 23.8 Å². The minimum absolute atomic E-state index is 0.0299. The molecule has 6 nitrogen and oxygen atoms in total. The molecular formula is C18H25FN2O4. The summed E-state index contributed by atoms with van der Waals surface area (Å²) in [4.78, 5) is 24.5. The van der Waals surface area contributed by atoms with E-state index in [1.807, 2.05) is 0 Å². The number of Topliss-reactive ketones (excluding diaryl/α,β-unsaturated/α-hetero) is 1. The molecule has 0 radical (unpaired) electrons. The second-order valence-electron chi connectivity index (χ2n) is 6.62. The first kappa shape index (κ1) is 19.3. The van der Waals surface area contributed by atoms with Crippen LogP contribution in [0.3, 0.4) is 0 Å². The second kappa shape index (κ2) is 8.92. The average Bonchev–Trinajstić information content (AvgIpc) is 3.12. The quantitative estimate of drug-likeness (QED) is 0.696. The van der Waals surface area contributed by atoms with E-state index in [4.69, 9.17) is 4.74 Å². The van der Waals surface area contributed by atoms with Crippen molar-refractivity contribution in [3.63, 3.8) is 0 Å². The predicted octanol–water partition coefficient (Wildman–Crippen LogP) is 1.76. The van der Waals surface area contributed by atoms with Crippen LogP contribution in [0.2, 0.25) is 0 Å². The zero-order valence-electron chi connectivity index (χ0n) is 14.5. The van der Waals surface area contributed by atoms with Gasteiger partial charge < -0.3 is 20.5 Å². The molecule has 1 saturated heterocycles. The summed E-state index contributed by atoms with van der Waals surface area (Å²) in [6, 6.07) is 4.49. The molecule has 1 unspecified atom stereocenters. The van der Waals surface area contributed by atoms with Crippen molar-refractivity contribution in [1.29, 1.82) is 0 Å². The van der Waals surface area contributed by atoms with Gasteiger partial charge in [0.05, 0.1) is 6.04 Å². The van der Waals surface area contributed by atoms with Crippen LogP contribution in [-0.4, -0.2) is 41.7 Å². The van der Waals surface area contributed by atoms with Gasteiger partial charge in [-0.3, -0.25) is 4.79 Å². The van der Waals surface area contributed by atoms with Gasteiger partial charge in [0.2, 0.25) is 0 Å². The Labute approximate surface area is 146 Å². The lowest BCUT2D eigenvalue weighted by atomic mass is 9.93. The fraction of sp³-hybridized carbons (Fsp3) is 0.556. The van der Waals surface area contributed by atoms with E-state index in [2.05, 4.69) is 10.6 Å². The van der Waals surface area contributed by atoms with E-state index in [1.54, 1.807) is 13.8 Å². The van der Waals surface area contributed by atoms with Crippen LogP contribution < -0.4 is 10.6 Å². The van der Waals surface area contributed by atoms with Crippen molar-refractivity contribution in [1.82, 2.24) is 10.6 Å². The van der Waals surface area contributed by atoms with Crippen molar-refractivity contribution in [2.75, 3.05) is 6.54 Å². The SMILES string of the molecule is CC(C)[C@H](NC(=O)OCc1ccc(F)cc1)C(=O)C(O)[C@@H]1CCCN1. The Kier molecular flexibility index (Phi) is 6.90. The summed E-state index contributed by atoms with van der Waals surface area (Å²) in [5.74, 6) is -0.983. The number of carbonyl (C=O) groups excluding carboxylic acids is 2. The van der Waals surface area contributed by atoms with Gasteiger partial charge in [-0.25, -0.2) is 9.18 Å². The van der Waals surface area contributed by atoms with Gasteiger partial charge in [-0.05, 0) is 43.0 Å². The summed E-state index contributed by atoms with van der Waals surface area (Å²) in [5.41, 5.74) is 0.638. The number of amides is 1. The van der Waals surface area contributed by atoms with E-state index < -0.39 is 24.0 Å². The van der Waals surface area contributed by atoms with Gasteiger partial charge in [-0.2, -0.15) is 0 Å². The minimum atomic E-state index is -1.16. The first-order valence-electron chi connectivity index (χ1n) is 8.51. The number of nitrogens with one attached hydrogen (secondary N) is 2. The highest BCUT2D eigenvalue weighted by Gasteiger charge is 2.35. The Morgan fingerprint density at radius 1 is 1.36 bits per heavy atom. The largest absolute Gasteiger partial charge is 0.445 e. The summed E-state index contributed by atoms with van der Waals surface area (Å²) in [5, 5.41) is 15.9. The molecule has 3 N–H and O–H groups in total. The third kappa shape index (κ3) is 5.51. The van der Waals surface area contributed by atoms with Gasteiger partial charge in [-0.15, -0.1) is 0 Å². The maximum Gasteiger partial charge on any atom is 0.408 e. The highest BCUT2D eigenvalue weighted by molar-refractivity contribution is 5.91. The molecule has 3 atom stereocenters. The van der Waals surface area contributed by atoms with Crippen LogP contribution >= 0.6 is 0 Å². The Bertz CT molecular complexity index is 585. The van der Waals surface area contributed by atoms with Crippen LogP contribution in [0.1, 0.15) is 32.3 Å². The highest BCUT2D eigenvalue weighted by Crippen LogP contribution is 2.14. The van der Waals surface area contributed by atoms with E-state index in [0.29, 0.717) is 5.56 Å². The predicted molar refractivity (Wildman–Crippen MR) is 90.4 cm³/mol. The molecule has 0 aliphatic carbocycles. The van der Waals surface area contributed by atoms with Crippen LogP contribution in [0.4, 0.5) is 9.18 Å². The lowest BCUT2D eigenvalue weighted by Crippen LogP contribution is -2.53. The Morgan fingerprint density at radius 2 is 2.04 bits per heavy atom. The van der Waals surface area contributed by atoms with Crippen molar-refractivity contribution in [2.24, 2.45) is 5.92 Å². The normalized spacial score (nSPS) is 19.5. The second-order valence-corrected chi connectivity index (χ2v) is 6.62. The number of alkyl carbamates (subject to hydrolysis) is 1. The van der Waals surface area contributed by atoms with Crippen LogP contribution in [0, 0.1) is 11.7 Å². The summed E-state index contributed by atoms with van der Waals surface area (Å²) in [7, 11) is 0. The number of benzene rings is 1. The Morgan fingerprint density at radius 3 is 2.60 bits per heavy atom. The monoisotopic (exact) mass is 352 g/mol. The van der Waals surface area contributed by atoms with Gasteiger partial charge in [0.15, 0.2) is 5.78 Å². The number of rotatable bonds is 7. The first-order valence-corrected chi connectivity index (χ1v) is 8.51. The van der Waals surface area contributed by atoms with E-state index in [-0.39, 0.29) is 24.4 Å². The zero-order valence-corrected chi connectivity index (χ0v) is 14.5. The molecule has 2 rings (SSSR count). The fourth-order valence-corrected chi connectivity index (χ4v) is 2.83. The van der Waals surface area contributed by atoms with Gasteiger partial charge in [0, 0.05) is 6.04 Å². The summed E-state index contributed by atoms with van der Waals surface area (Å²) in [6.07, 6.45) is -0.267. The van der Waals surface area contributed by atoms with Crippen LogP contribution in [-0.2, 0) is 16.1 Å². The van der Waals surface area contributed by atoms with Gasteiger partial charge in [-0.1, -0.05) is 26.0 Å². The lowest BCUT2D eigenvalue weighted by Gasteiger charge is -2.26. The fourth-order valence-electron chi connectivity index (χ4n) is 2.83. The summed E-state index contributed by atoms with van der Waals surface area (Å²) >= 11 is 0. The highest BCUT2D eigenvalue weighted by atomic mass is 19.1. The smallest absolute Gasteiger partial charge is 0.408 e. The molecule has 0 aromatic heterocycles. The van der Waals surface area contributed by atoms with Gasteiger partial charge in [0.25, 0.3) is 0 Å². The van der Waals surface area contributed by atoms with Crippen LogP contribution in [0.5, 0.6) is 0 Å². The van der Waals surface area contributed by atoms with Crippen molar-refractivity contribution in [3.05, 3.63) is 35.6 Å². The minimum Gasteiger partial charge on any atom is -0.445 e. The van der Waals surface area contributed by atoms with E-state index in [0.717, 1.165) is 19.4 Å². The molecule has 1 aliphatic rings. The number of carbonyl (C=O) groups is 2. The molecule has 0 spiro atoms. The number of aliphatic hydroxyl groups excluding tert-OH is 1. The van der Waals surface area contributed by atoms with Crippen LogP contribution in [0.25, 0.3) is 0 Å². The molecule has 1 aliphatic heterocycles. The molecule has 25 heavy (non-hydrogen) atoms. The molecule has 7 heteroatoms. The Hall–Kier alpha value is -1.99. The number of halogens is 1. The molecule has 1 amide bonds. The molecule has 0 bridgehead atoms. The molecule has 1 heterocycles. The maximum absolute atomic E-state index is 12.9. The standard InChI is InChI=1S/C18H25FN2O4/c1-11(2)15(17(23)16(22)14-4-3-9-20-14)21-18(24)25-10-12-5-7-13(19)8-6-12/h5-8,11,14-16,20,22H,3-4,9-10H2,1-2H3,(H,21,24)/t14-,15-,16?/m0/s1. The molecular weight excluding hydrogens is 327 g/mol. The maximum atomic E-state index is 12.9. The van der Waals surface area contributed by atoms with Crippen molar-refractivity contribution in [2.45, 2.75) is 51.5 Å². The van der Waals surface area contributed by atoms with Gasteiger partial charge in [0.1, 0.15) is 18.5 Å². The lowest BCUT2D eigenvalue weighted by molar-refractivity contribution is -0.131. The third-order valence-corrected chi connectivity index (χ3v) is 4.30. The van der Waals surface area contributed by atoms with E-state index in [9.17, 15) is 19.1 Å². The number of hydrogen-bond acceptors (Lipinski definition) is 5. The van der Waals surface area contributed by atoms with Crippen molar-refractivity contribution >= 4 is 11.9 Å². The number of aliphatic hydroxyl groups is 1. The number of ketones is 1. The number of ether oxygens (including phenoxy) is 1. The molecule has 0 saturated carbocycles. The molecule has 1 aromatic rings. The summed E-state index contributed by atoms with van der Waals surface area (Å²) in [6.45, 7) is 4.32.